The minimum Gasteiger partial charge on any atom is -0.366 e. The van der Waals surface area contributed by atoms with E-state index >= 15 is 0 Å². The van der Waals surface area contributed by atoms with E-state index in [1.54, 1.807) is 36.4 Å². The number of nitrogens with zero attached hydrogens (tertiary/aromatic N) is 1. The first kappa shape index (κ1) is 12.4. The van der Waals surface area contributed by atoms with Gasteiger partial charge in [0.05, 0.1) is 0 Å². The van der Waals surface area contributed by atoms with E-state index in [-0.39, 0.29) is 5.91 Å². The first-order valence-corrected chi connectivity index (χ1v) is 6.04. The van der Waals surface area contributed by atoms with E-state index < -0.39 is 5.91 Å². The molecule has 1 fully saturated rings. The molecule has 0 bridgehead atoms. The van der Waals surface area contributed by atoms with Gasteiger partial charge in [0.2, 0.25) is 11.8 Å². The van der Waals surface area contributed by atoms with E-state index in [4.69, 9.17) is 5.73 Å². The SMILES string of the molecule is NC(=O)c1ccc(C=CC(=O)N2CCCC2)cc1. The highest BCUT2D eigenvalue weighted by molar-refractivity contribution is 5.94. The largest absolute Gasteiger partial charge is 0.366 e. The van der Waals surface area contributed by atoms with Crippen molar-refractivity contribution in [1.29, 1.82) is 0 Å². The summed E-state index contributed by atoms with van der Waals surface area (Å²) in [6, 6.07) is 6.85. The van der Waals surface area contributed by atoms with Crippen LogP contribution in [-0.4, -0.2) is 29.8 Å². The highest BCUT2D eigenvalue weighted by atomic mass is 16.2. The number of hydrogen-bond donors (Lipinski definition) is 1. The van der Waals surface area contributed by atoms with Gasteiger partial charge in [0.1, 0.15) is 0 Å². The molecule has 1 aliphatic heterocycles. The predicted octanol–water partition coefficient (Wildman–Crippen LogP) is 1.42. The third-order valence-electron chi connectivity index (χ3n) is 3.03. The van der Waals surface area contributed by atoms with Gasteiger partial charge in [0.25, 0.3) is 0 Å². The van der Waals surface area contributed by atoms with Crippen molar-refractivity contribution in [3.8, 4) is 0 Å². The van der Waals surface area contributed by atoms with Crippen LogP contribution in [0.15, 0.2) is 30.3 Å². The highest BCUT2D eigenvalue weighted by Gasteiger charge is 2.14. The number of primary amides is 1. The number of likely N-dealkylation sites (tertiary alicyclic amines) is 1. The van der Waals surface area contributed by atoms with Crippen molar-refractivity contribution in [1.82, 2.24) is 4.90 Å². The lowest BCUT2D eigenvalue weighted by Gasteiger charge is -2.11. The zero-order valence-electron chi connectivity index (χ0n) is 10.1. The van der Waals surface area contributed by atoms with Crippen molar-refractivity contribution in [2.24, 2.45) is 5.73 Å². The van der Waals surface area contributed by atoms with Gasteiger partial charge < -0.3 is 10.6 Å². The van der Waals surface area contributed by atoms with E-state index in [0.717, 1.165) is 31.5 Å². The van der Waals surface area contributed by atoms with Crippen molar-refractivity contribution >= 4 is 17.9 Å². The van der Waals surface area contributed by atoms with Crippen LogP contribution in [0.1, 0.15) is 28.8 Å². The van der Waals surface area contributed by atoms with Crippen LogP contribution in [0.2, 0.25) is 0 Å². The number of carbonyl (C=O) groups is 2. The Balaban J connectivity index is 1.99. The molecule has 0 radical (unpaired) electrons. The first-order valence-electron chi connectivity index (χ1n) is 6.04. The number of nitrogens with two attached hydrogens (primary N) is 1. The van der Waals surface area contributed by atoms with Crippen molar-refractivity contribution in [2.75, 3.05) is 13.1 Å². The highest BCUT2D eigenvalue weighted by Crippen LogP contribution is 2.10. The molecule has 2 N–H and O–H groups in total. The van der Waals surface area contributed by atoms with Crippen LogP contribution in [0.3, 0.4) is 0 Å². The fourth-order valence-corrected chi connectivity index (χ4v) is 1.97. The average Bonchev–Trinajstić information content (AvgIpc) is 2.90. The standard InChI is InChI=1S/C14H16N2O2/c15-14(18)12-6-3-11(4-7-12)5-8-13(17)16-9-1-2-10-16/h3-8H,1-2,9-10H2,(H2,15,18). The maximum Gasteiger partial charge on any atom is 0.248 e. The molecule has 0 aromatic heterocycles. The van der Waals surface area contributed by atoms with E-state index in [1.165, 1.54) is 0 Å². The third kappa shape index (κ3) is 2.97. The molecule has 4 heteroatoms. The molecule has 0 atom stereocenters. The Labute approximate surface area is 106 Å². The van der Waals surface area contributed by atoms with Gasteiger partial charge in [-0.1, -0.05) is 12.1 Å². The number of amides is 2. The molecular formula is C14H16N2O2. The first-order chi connectivity index (χ1) is 8.66. The molecule has 0 aliphatic carbocycles. The van der Waals surface area contributed by atoms with Gasteiger partial charge in [-0.05, 0) is 36.6 Å². The van der Waals surface area contributed by atoms with E-state index in [1.807, 2.05) is 4.90 Å². The summed E-state index contributed by atoms with van der Waals surface area (Å²) in [4.78, 5) is 24.5. The summed E-state index contributed by atoms with van der Waals surface area (Å²) in [5.41, 5.74) is 6.50. The molecule has 0 saturated carbocycles. The monoisotopic (exact) mass is 244 g/mol. The van der Waals surface area contributed by atoms with Gasteiger partial charge in [-0.15, -0.1) is 0 Å². The minimum atomic E-state index is -0.446. The quantitative estimate of drug-likeness (QED) is 0.817. The Hall–Kier alpha value is -2.10. The molecule has 1 aromatic carbocycles. The van der Waals surface area contributed by atoms with Gasteiger partial charge in [0, 0.05) is 24.7 Å². The van der Waals surface area contributed by atoms with E-state index in [0.29, 0.717) is 5.56 Å². The van der Waals surface area contributed by atoms with Gasteiger partial charge in [-0.25, -0.2) is 0 Å². The van der Waals surface area contributed by atoms with Crippen LogP contribution in [0, 0.1) is 0 Å². The van der Waals surface area contributed by atoms with E-state index in [2.05, 4.69) is 0 Å². The molecular weight excluding hydrogens is 228 g/mol. The van der Waals surface area contributed by atoms with Crippen molar-refractivity contribution in [3.63, 3.8) is 0 Å². The Kier molecular flexibility index (Phi) is 3.77. The third-order valence-corrected chi connectivity index (χ3v) is 3.03. The summed E-state index contributed by atoms with van der Waals surface area (Å²) in [5, 5.41) is 0. The van der Waals surface area contributed by atoms with Crippen molar-refractivity contribution in [3.05, 3.63) is 41.5 Å². The number of hydrogen-bond acceptors (Lipinski definition) is 2. The number of rotatable bonds is 3. The molecule has 0 unspecified atom stereocenters. The fraction of sp³-hybridized carbons (Fsp3) is 0.286. The van der Waals surface area contributed by atoms with Crippen LogP contribution in [0.25, 0.3) is 6.08 Å². The number of benzene rings is 1. The van der Waals surface area contributed by atoms with Crippen molar-refractivity contribution in [2.45, 2.75) is 12.8 Å². The lowest BCUT2D eigenvalue weighted by atomic mass is 10.1. The Bertz CT molecular complexity index is 471. The smallest absolute Gasteiger partial charge is 0.248 e. The molecule has 2 amide bonds. The van der Waals surface area contributed by atoms with Crippen LogP contribution < -0.4 is 5.73 Å². The Morgan fingerprint density at radius 2 is 1.72 bits per heavy atom. The second kappa shape index (κ2) is 5.49. The Morgan fingerprint density at radius 3 is 2.28 bits per heavy atom. The maximum absolute atomic E-state index is 11.8. The van der Waals surface area contributed by atoms with Gasteiger partial charge in [-0.2, -0.15) is 0 Å². The lowest BCUT2D eigenvalue weighted by Crippen LogP contribution is -2.25. The van der Waals surface area contributed by atoms with E-state index in [9.17, 15) is 9.59 Å². The molecule has 1 saturated heterocycles. The van der Waals surface area contributed by atoms with Gasteiger partial charge in [-0.3, -0.25) is 9.59 Å². The summed E-state index contributed by atoms with van der Waals surface area (Å²) >= 11 is 0. The molecule has 18 heavy (non-hydrogen) atoms. The lowest BCUT2D eigenvalue weighted by molar-refractivity contribution is -0.124. The zero-order valence-corrected chi connectivity index (χ0v) is 10.1. The summed E-state index contributed by atoms with van der Waals surface area (Å²) in [6.07, 6.45) is 5.51. The van der Waals surface area contributed by atoms with Crippen LogP contribution in [0.4, 0.5) is 0 Å². The van der Waals surface area contributed by atoms with Crippen LogP contribution >= 0.6 is 0 Å². The van der Waals surface area contributed by atoms with Crippen molar-refractivity contribution < 1.29 is 9.59 Å². The molecule has 2 rings (SSSR count). The Morgan fingerprint density at radius 1 is 1.11 bits per heavy atom. The predicted molar refractivity (Wildman–Crippen MR) is 69.8 cm³/mol. The fourth-order valence-electron chi connectivity index (χ4n) is 1.97. The molecule has 1 heterocycles. The topological polar surface area (TPSA) is 63.4 Å². The number of carbonyl (C=O) groups excluding carboxylic acids is 2. The van der Waals surface area contributed by atoms with Gasteiger partial charge >= 0.3 is 0 Å². The molecule has 94 valence electrons. The summed E-state index contributed by atoms with van der Waals surface area (Å²) < 4.78 is 0. The van der Waals surface area contributed by atoms with Gasteiger partial charge in [0.15, 0.2) is 0 Å². The zero-order chi connectivity index (χ0) is 13.0. The maximum atomic E-state index is 11.8. The molecule has 1 aliphatic rings. The molecule has 4 nitrogen and oxygen atoms in total. The molecule has 1 aromatic rings. The van der Waals surface area contributed by atoms with Crippen LogP contribution in [0.5, 0.6) is 0 Å². The normalized spacial score (nSPS) is 15.2. The minimum absolute atomic E-state index is 0.0477. The van der Waals surface area contributed by atoms with Crippen LogP contribution in [-0.2, 0) is 4.79 Å². The second-order valence-corrected chi connectivity index (χ2v) is 4.35. The average molecular weight is 244 g/mol. The summed E-state index contributed by atoms with van der Waals surface area (Å²) in [5.74, 6) is -0.398. The summed E-state index contributed by atoms with van der Waals surface area (Å²) in [7, 11) is 0. The summed E-state index contributed by atoms with van der Waals surface area (Å²) in [6.45, 7) is 1.70. The molecule has 0 spiro atoms. The second-order valence-electron chi connectivity index (χ2n) is 4.35.